The van der Waals surface area contributed by atoms with Gasteiger partial charge in [-0.25, -0.2) is 13.1 Å². The van der Waals surface area contributed by atoms with Crippen LogP contribution in [0.5, 0.6) is 0 Å². The van der Waals surface area contributed by atoms with E-state index in [4.69, 9.17) is 22.3 Å². The smallest absolute Gasteiger partial charge is 0.220 e. The van der Waals surface area contributed by atoms with Gasteiger partial charge >= 0.3 is 0 Å². The molecule has 1 aromatic heterocycles. The highest BCUT2D eigenvalue weighted by Gasteiger charge is 2.25. The van der Waals surface area contributed by atoms with E-state index in [2.05, 4.69) is 5.10 Å². The third-order valence-corrected chi connectivity index (χ3v) is 4.52. The Morgan fingerprint density at radius 2 is 2.05 bits per heavy atom. The van der Waals surface area contributed by atoms with Crippen LogP contribution in [0.1, 0.15) is 18.2 Å². The van der Waals surface area contributed by atoms with Crippen LogP contribution in [0, 0.1) is 6.92 Å². The summed E-state index contributed by atoms with van der Waals surface area (Å²) in [5, 5.41) is 4.24. The molecular weight excluding hydrogens is 307 g/mol. The second kappa shape index (κ2) is 5.15. The Morgan fingerprint density at radius 1 is 1.37 bits per heavy atom. The van der Waals surface area contributed by atoms with Crippen molar-refractivity contribution in [3.05, 3.63) is 40.7 Å². The minimum atomic E-state index is -3.92. The van der Waals surface area contributed by atoms with E-state index < -0.39 is 9.05 Å². The highest BCUT2D eigenvalue weighted by atomic mass is 35.7. The first-order valence-electron chi connectivity index (χ1n) is 5.63. The summed E-state index contributed by atoms with van der Waals surface area (Å²) in [6, 6.07) is 7.45. The molecule has 0 unspecified atom stereocenters. The van der Waals surface area contributed by atoms with Crippen molar-refractivity contribution in [3.8, 4) is 5.69 Å². The summed E-state index contributed by atoms with van der Waals surface area (Å²) in [4.78, 5) is -0.111. The van der Waals surface area contributed by atoms with E-state index in [0.29, 0.717) is 17.8 Å². The minimum Gasteiger partial charge on any atom is -0.220 e. The molecule has 0 aliphatic carbocycles. The summed E-state index contributed by atoms with van der Waals surface area (Å²) < 4.78 is 24.5. The van der Waals surface area contributed by atoms with E-state index in [9.17, 15) is 8.42 Å². The Balaban J connectivity index is 2.71. The highest BCUT2D eigenvalue weighted by molar-refractivity contribution is 8.13. The lowest BCUT2D eigenvalue weighted by molar-refractivity contribution is 0.608. The molecule has 2 rings (SSSR count). The second-order valence-corrected chi connectivity index (χ2v) is 6.97. The Bertz CT molecular complexity index is 723. The number of benzene rings is 1. The van der Waals surface area contributed by atoms with Crippen molar-refractivity contribution >= 4 is 31.3 Å². The van der Waals surface area contributed by atoms with Crippen molar-refractivity contribution in [2.24, 2.45) is 0 Å². The summed E-state index contributed by atoms with van der Waals surface area (Å²) in [6.45, 7) is 3.73. The minimum absolute atomic E-state index is 0.0115. The molecule has 0 amide bonds. The van der Waals surface area contributed by atoms with Crippen LogP contribution in [0.25, 0.3) is 5.69 Å². The van der Waals surface area contributed by atoms with E-state index >= 15 is 0 Å². The van der Waals surface area contributed by atoms with E-state index in [1.54, 1.807) is 13.0 Å². The predicted molar refractivity (Wildman–Crippen MR) is 75.7 cm³/mol. The van der Waals surface area contributed by atoms with Crippen molar-refractivity contribution in [3.63, 3.8) is 0 Å². The van der Waals surface area contributed by atoms with Gasteiger partial charge in [-0.15, -0.1) is 0 Å². The molecule has 0 N–H and O–H groups in total. The van der Waals surface area contributed by atoms with E-state index in [1.807, 2.05) is 25.1 Å². The molecule has 1 aromatic carbocycles. The maximum atomic E-state index is 11.6. The van der Waals surface area contributed by atoms with Crippen molar-refractivity contribution < 1.29 is 8.42 Å². The molecular formula is C12H12Cl2N2O2S. The number of aryl methyl sites for hydroxylation is 2. The molecule has 4 nitrogen and oxygen atoms in total. The molecule has 0 aliphatic heterocycles. The van der Waals surface area contributed by atoms with E-state index in [0.717, 1.165) is 5.56 Å². The number of aromatic nitrogens is 2. The van der Waals surface area contributed by atoms with Crippen molar-refractivity contribution in [2.75, 3.05) is 0 Å². The Morgan fingerprint density at radius 3 is 2.53 bits per heavy atom. The highest BCUT2D eigenvalue weighted by Crippen LogP contribution is 2.30. The van der Waals surface area contributed by atoms with Gasteiger partial charge in [0.1, 0.15) is 4.90 Å². The fourth-order valence-electron chi connectivity index (χ4n) is 1.83. The first kappa shape index (κ1) is 14.4. The van der Waals surface area contributed by atoms with Gasteiger partial charge in [-0.2, -0.15) is 5.10 Å². The quantitative estimate of drug-likeness (QED) is 0.816. The zero-order valence-corrected chi connectivity index (χ0v) is 12.7. The predicted octanol–water partition coefficient (Wildman–Crippen LogP) is 3.32. The number of rotatable bonds is 3. The molecule has 0 aliphatic rings. The molecule has 0 saturated heterocycles. The standard InChI is InChI=1S/C12H12Cl2N2O2S/c1-3-10-11(19(14,17)18)12(13)16(15-10)9-6-4-5-8(2)7-9/h4-7H,3H2,1-2H3. The monoisotopic (exact) mass is 318 g/mol. The van der Waals surface area contributed by atoms with Crippen molar-refractivity contribution in [1.82, 2.24) is 9.78 Å². The van der Waals surface area contributed by atoms with Gasteiger partial charge in [0.25, 0.3) is 9.05 Å². The normalized spacial score (nSPS) is 11.8. The van der Waals surface area contributed by atoms with Crippen LogP contribution in [0.15, 0.2) is 29.2 Å². The Labute approximate surface area is 121 Å². The van der Waals surface area contributed by atoms with Crippen LogP contribution < -0.4 is 0 Å². The Hall–Kier alpha value is -1.04. The maximum Gasteiger partial charge on any atom is 0.266 e. The lowest BCUT2D eigenvalue weighted by atomic mass is 10.2. The van der Waals surface area contributed by atoms with Gasteiger partial charge < -0.3 is 0 Å². The molecule has 102 valence electrons. The van der Waals surface area contributed by atoms with Gasteiger partial charge in [-0.3, -0.25) is 0 Å². The summed E-state index contributed by atoms with van der Waals surface area (Å²) in [7, 11) is 1.50. The molecule has 0 spiro atoms. The largest absolute Gasteiger partial charge is 0.266 e. The zero-order valence-electron chi connectivity index (χ0n) is 10.4. The SMILES string of the molecule is CCc1nn(-c2cccc(C)c2)c(Cl)c1S(=O)(=O)Cl. The summed E-state index contributed by atoms with van der Waals surface area (Å²) in [5.41, 5.74) is 2.09. The fourth-order valence-corrected chi connectivity index (χ4v) is 3.74. The topological polar surface area (TPSA) is 52.0 Å². The molecule has 2 aromatic rings. The van der Waals surface area contributed by atoms with E-state index in [-0.39, 0.29) is 10.0 Å². The zero-order chi connectivity index (χ0) is 14.2. The average molecular weight is 319 g/mol. The molecule has 0 saturated carbocycles. The van der Waals surface area contributed by atoms with Crippen LogP contribution >= 0.6 is 22.3 Å². The van der Waals surface area contributed by atoms with Gasteiger partial charge in [-0.1, -0.05) is 30.7 Å². The van der Waals surface area contributed by atoms with Gasteiger partial charge in [0.15, 0.2) is 5.15 Å². The number of hydrogen-bond acceptors (Lipinski definition) is 3. The first-order valence-corrected chi connectivity index (χ1v) is 8.32. The number of hydrogen-bond donors (Lipinski definition) is 0. The van der Waals surface area contributed by atoms with Crippen LogP contribution in [0.2, 0.25) is 5.15 Å². The van der Waals surface area contributed by atoms with Gasteiger partial charge in [-0.05, 0) is 31.0 Å². The van der Waals surface area contributed by atoms with Crippen LogP contribution in [0.4, 0.5) is 0 Å². The lowest BCUT2D eigenvalue weighted by Crippen LogP contribution is -1.97. The van der Waals surface area contributed by atoms with Crippen molar-refractivity contribution in [2.45, 2.75) is 25.2 Å². The Kier molecular flexibility index (Phi) is 3.90. The molecule has 0 atom stereocenters. The molecule has 0 bridgehead atoms. The molecule has 0 fully saturated rings. The second-order valence-electron chi connectivity index (χ2n) is 4.11. The third-order valence-electron chi connectivity index (χ3n) is 2.68. The maximum absolute atomic E-state index is 11.6. The summed E-state index contributed by atoms with van der Waals surface area (Å²) in [6.07, 6.45) is 0.430. The van der Waals surface area contributed by atoms with Gasteiger partial charge in [0.05, 0.1) is 11.4 Å². The molecule has 1 heterocycles. The molecule has 7 heteroatoms. The van der Waals surface area contributed by atoms with Crippen LogP contribution in [0.3, 0.4) is 0 Å². The third kappa shape index (κ3) is 2.78. The molecule has 0 radical (unpaired) electrons. The lowest BCUT2D eigenvalue weighted by Gasteiger charge is -2.03. The fraction of sp³-hybridized carbons (Fsp3) is 0.250. The summed E-state index contributed by atoms with van der Waals surface area (Å²) >= 11 is 6.12. The van der Waals surface area contributed by atoms with E-state index in [1.165, 1.54) is 4.68 Å². The van der Waals surface area contributed by atoms with Crippen molar-refractivity contribution in [1.29, 1.82) is 0 Å². The number of halogens is 2. The molecule has 19 heavy (non-hydrogen) atoms. The van der Waals surface area contributed by atoms with Crippen LogP contribution in [-0.4, -0.2) is 18.2 Å². The first-order chi connectivity index (χ1) is 8.84. The number of nitrogens with zero attached hydrogens (tertiary/aromatic N) is 2. The van der Waals surface area contributed by atoms with Gasteiger partial charge in [0, 0.05) is 10.7 Å². The van der Waals surface area contributed by atoms with Gasteiger partial charge in [0.2, 0.25) is 0 Å². The average Bonchev–Trinajstić information content (AvgIpc) is 2.66. The summed E-state index contributed by atoms with van der Waals surface area (Å²) in [5.74, 6) is 0. The van der Waals surface area contributed by atoms with Crippen LogP contribution in [-0.2, 0) is 15.5 Å².